The normalized spacial score (nSPS) is 11.5. The third-order valence-electron chi connectivity index (χ3n) is 4.02. The van der Waals surface area contributed by atoms with Crippen molar-refractivity contribution in [2.75, 3.05) is 20.3 Å². The minimum absolute atomic E-state index is 0.300. The van der Waals surface area contributed by atoms with Gasteiger partial charge in [-0.1, -0.05) is 30.3 Å². The molecule has 28 heavy (non-hydrogen) atoms. The van der Waals surface area contributed by atoms with E-state index in [1.54, 1.807) is 25.3 Å². The molecular weight excluding hydrogens is 379 g/mol. The summed E-state index contributed by atoms with van der Waals surface area (Å²) in [5, 5.41) is 7.65. The van der Waals surface area contributed by atoms with Crippen LogP contribution < -0.4 is 20.1 Å². The molecule has 1 atom stereocenters. The third-order valence-corrected chi connectivity index (χ3v) is 4.96. The maximum absolute atomic E-state index is 13.2. The number of benzene rings is 2. The van der Waals surface area contributed by atoms with E-state index in [1.807, 2.05) is 35.7 Å². The quantitative estimate of drug-likeness (QED) is 0.552. The summed E-state index contributed by atoms with van der Waals surface area (Å²) in [6, 6.07) is 16.6. The molecule has 0 aliphatic carbocycles. The van der Waals surface area contributed by atoms with Gasteiger partial charge in [0.15, 0.2) is 11.5 Å². The van der Waals surface area contributed by atoms with E-state index >= 15 is 0 Å². The molecule has 1 aromatic heterocycles. The zero-order chi connectivity index (χ0) is 19.8. The zero-order valence-electron chi connectivity index (χ0n) is 15.4. The van der Waals surface area contributed by atoms with E-state index in [0.29, 0.717) is 24.7 Å². The Hall–Kier alpha value is -3.06. The predicted octanol–water partition coefficient (Wildman–Crippen LogP) is 4.36. The number of ether oxygens (including phenoxy) is 2. The van der Waals surface area contributed by atoms with Crippen LogP contribution in [-0.4, -0.2) is 26.3 Å². The molecule has 0 aliphatic heterocycles. The topological polar surface area (TPSA) is 59.6 Å². The van der Waals surface area contributed by atoms with Crippen LogP contribution in [0.1, 0.15) is 16.5 Å². The van der Waals surface area contributed by atoms with Crippen LogP contribution in [0.5, 0.6) is 11.5 Å². The lowest BCUT2D eigenvalue weighted by Crippen LogP contribution is -2.39. The number of hydrogen-bond donors (Lipinski definition) is 2. The van der Waals surface area contributed by atoms with Crippen molar-refractivity contribution in [3.05, 3.63) is 82.3 Å². The Morgan fingerprint density at radius 2 is 1.82 bits per heavy atom. The Balaban J connectivity index is 1.55. The lowest BCUT2D eigenvalue weighted by Gasteiger charge is -2.19. The van der Waals surface area contributed by atoms with E-state index in [2.05, 4.69) is 10.6 Å². The van der Waals surface area contributed by atoms with Crippen molar-refractivity contribution >= 4 is 17.4 Å². The Kier molecular flexibility index (Phi) is 6.86. The molecule has 0 radical (unpaired) electrons. The van der Waals surface area contributed by atoms with E-state index in [9.17, 15) is 9.18 Å². The summed E-state index contributed by atoms with van der Waals surface area (Å²) in [5.74, 6) is 0.947. The summed E-state index contributed by atoms with van der Waals surface area (Å²) in [4.78, 5) is 13.3. The number of halogens is 1. The van der Waals surface area contributed by atoms with Gasteiger partial charge in [0.25, 0.3) is 0 Å². The lowest BCUT2D eigenvalue weighted by atomic mass is 10.1. The molecule has 2 N–H and O–H groups in total. The molecule has 3 aromatic rings. The fourth-order valence-electron chi connectivity index (χ4n) is 2.68. The van der Waals surface area contributed by atoms with Gasteiger partial charge >= 0.3 is 6.03 Å². The molecule has 146 valence electrons. The molecule has 0 spiro atoms. The van der Waals surface area contributed by atoms with Gasteiger partial charge in [-0.15, -0.1) is 11.3 Å². The summed E-state index contributed by atoms with van der Waals surface area (Å²) in [7, 11) is 1.58. The summed E-state index contributed by atoms with van der Waals surface area (Å²) in [5.41, 5.74) is 0.810. The highest BCUT2D eigenvalue weighted by molar-refractivity contribution is 7.10. The molecule has 2 amide bonds. The van der Waals surface area contributed by atoms with Crippen molar-refractivity contribution in [2.24, 2.45) is 0 Å². The minimum atomic E-state index is -0.351. The summed E-state index contributed by atoms with van der Waals surface area (Å²) < 4.78 is 24.1. The smallest absolute Gasteiger partial charge is 0.315 e. The molecule has 0 saturated heterocycles. The Morgan fingerprint density at radius 1 is 1.07 bits per heavy atom. The van der Waals surface area contributed by atoms with Crippen molar-refractivity contribution in [1.29, 1.82) is 0 Å². The maximum atomic E-state index is 13.2. The van der Waals surface area contributed by atoms with E-state index < -0.39 is 0 Å². The standard InChI is InChI=1S/C21H21FN2O3S/c1-26-17-5-2-3-6-18(17)27-13-12-23-21(25)24-20(19-7-4-14-28-19)15-8-10-16(22)11-9-15/h2-11,14,20H,12-13H2,1H3,(H2,23,24,25). The molecule has 7 heteroatoms. The molecule has 1 unspecified atom stereocenters. The number of rotatable bonds is 8. The van der Waals surface area contributed by atoms with Crippen molar-refractivity contribution in [1.82, 2.24) is 10.6 Å². The van der Waals surface area contributed by atoms with Gasteiger partial charge in [0.05, 0.1) is 19.7 Å². The first kappa shape index (κ1) is 19.7. The van der Waals surface area contributed by atoms with E-state index in [0.717, 1.165) is 10.4 Å². The molecule has 2 aromatic carbocycles. The second kappa shape index (κ2) is 9.75. The molecule has 3 rings (SSSR count). The van der Waals surface area contributed by atoms with Gasteiger partial charge in [0, 0.05) is 4.88 Å². The highest BCUT2D eigenvalue weighted by atomic mass is 32.1. The lowest BCUT2D eigenvalue weighted by molar-refractivity contribution is 0.233. The first-order chi connectivity index (χ1) is 13.7. The number of hydrogen-bond acceptors (Lipinski definition) is 4. The Labute approximate surface area is 167 Å². The number of amides is 2. The van der Waals surface area contributed by atoms with Crippen LogP contribution in [0, 0.1) is 5.82 Å². The van der Waals surface area contributed by atoms with Gasteiger partial charge in [0.2, 0.25) is 0 Å². The number of carbonyl (C=O) groups is 1. The SMILES string of the molecule is COc1ccccc1OCCNC(=O)NC(c1ccc(F)cc1)c1cccs1. The molecule has 0 bridgehead atoms. The van der Waals surface area contributed by atoms with Crippen LogP contribution in [0.15, 0.2) is 66.0 Å². The predicted molar refractivity (Wildman–Crippen MR) is 108 cm³/mol. The fourth-order valence-corrected chi connectivity index (χ4v) is 3.48. The first-order valence-electron chi connectivity index (χ1n) is 8.76. The number of carbonyl (C=O) groups excluding carboxylic acids is 1. The molecule has 0 saturated carbocycles. The van der Waals surface area contributed by atoms with Crippen LogP contribution >= 0.6 is 11.3 Å². The second-order valence-corrected chi connectivity index (χ2v) is 6.88. The van der Waals surface area contributed by atoms with Crippen molar-refractivity contribution in [3.8, 4) is 11.5 Å². The average molecular weight is 400 g/mol. The van der Waals surface area contributed by atoms with Gasteiger partial charge in [0.1, 0.15) is 12.4 Å². The highest BCUT2D eigenvalue weighted by Crippen LogP contribution is 2.26. The van der Waals surface area contributed by atoms with Gasteiger partial charge in [-0.05, 0) is 41.3 Å². The van der Waals surface area contributed by atoms with E-state index in [4.69, 9.17) is 9.47 Å². The number of thiophene rings is 1. The van der Waals surface area contributed by atoms with Gasteiger partial charge in [-0.3, -0.25) is 0 Å². The van der Waals surface area contributed by atoms with Crippen molar-refractivity contribution in [3.63, 3.8) is 0 Å². The molecule has 1 heterocycles. The molecule has 0 aliphatic rings. The van der Waals surface area contributed by atoms with Crippen LogP contribution in [0.25, 0.3) is 0 Å². The minimum Gasteiger partial charge on any atom is -0.493 e. The Morgan fingerprint density at radius 3 is 2.50 bits per heavy atom. The van der Waals surface area contributed by atoms with Crippen molar-refractivity contribution < 1.29 is 18.7 Å². The number of methoxy groups -OCH3 is 1. The van der Waals surface area contributed by atoms with Crippen LogP contribution in [-0.2, 0) is 0 Å². The highest BCUT2D eigenvalue weighted by Gasteiger charge is 2.17. The monoisotopic (exact) mass is 400 g/mol. The fraction of sp³-hybridized carbons (Fsp3) is 0.190. The van der Waals surface area contributed by atoms with Crippen LogP contribution in [0.4, 0.5) is 9.18 Å². The largest absolute Gasteiger partial charge is 0.493 e. The van der Waals surface area contributed by atoms with Gasteiger partial charge in [-0.2, -0.15) is 0 Å². The maximum Gasteiger partial charge on any atom is 0.315 e. The van der Waals surface area contributed by atoms with Gasteiger partial charge in [-0.25, -0.2) is 9.18 Å². The summed E-state index contributed by atoms with van der Waals surface area (Å²) in [6.45, 7) is 0.623. The second-order valence-electron chi connectivity index (χ2n) is 5.90. The van der Waals surface area contributed by atoms with E-state index in [-0.39, 0.29) is 17.9 Å². The molecular formula is C21H21FN2O3S. The molecule has 5 nitrogen and oxygen atoms in total. The zero-order valence-corrected chi connectivity index (χ0v) is 16.2. The number of urea groups is 1. The number of nitrogens with one attached hydrogen (secondary N) is 2. The van der Waals surface area contributed by atoms with Crippen LogP contribution in [0.2, 0.25) is 0 Å². The third kappa shape index (κ3) is 5.23. The number of para-hydroxylation sites is 2. The van der Waals surface area contributed by atoms with Crippen LogP contribution in [0.3, 0.4) is 0 Å². The summed E-state index contributed by atoms with van der Waals surface area (Å²) in [6.07, 6.45) is 0. The first-order valence-corrected chi connectivity index (χ1v) is 9.64. The molecule has 0 fully saturated rings. The Bertz CT molecular complexity index is 885. The van der Waals surface area contributed by atoms with E-state index in [1.165, 1.54) is 23.5 Å². The van der Waals surface area contributed by atoms with Crippen molar-refractivity contribution in [2.45, 2.75) is 6.04 Å². The van der Waals surface area contributed by atoms with Gasteiger partial charge < -0.3 is 20.1 Å². The summed E-state index contributed by atoms with van der Waals surface area (Å²) >= 11 is 1.53. The average Bonchev–Trinajstić information content (AvgIpc) is 3.25.